The first-order valence-corrected chi connectivity index (χ1v) is 7.58. The average Bonchev–Trinajstić information content (AvgIpc) is 3.07. The second-order valence-electron chi connectivity index (χ2n) is 5.80. The highest BCUT2D eigenvalue weighted by molar-refractivity contribution is 5.79. The molecule has 0 spiro atoms. The normalized spacial score (nSPS) is 18.0. The van der Waals surface area contributed by atoms with E-state index in [1.54, 1.807) is 4.90 Å². The van der Waals surface area contributed by atoms with E-state index in [1.165, 1.54) is 0 Å². The van der Waals surface area contributed by atoms with Crippen LogP contribution in [0, 0.1) is 13.8 Å². The zero-order valence-electron chi connectivity index (χ0n) is 12.9. The van der Waals surface area contributed by atoms with Crippen LogP contribution in [0.2, 0.25) is 0 Å². The molecule has 0 unspecified atom stereocenters. The monoisotopic (exact) mass is 301 g/mol. The van der Waals surface area contributed by atoms with Crippen LogP contribution in [0.4, 0.5) is 4.39 Å². The van der Waals surface area contributed by atoms with Crippen LogP contribution >= 0.6 is 0 Å². The summed E-state index contributed by atoms with van der Waals surface area (Å²) in [5, 5.41) is 4.55. The maximum Gasteiger partial charge on any atom is 0.227 e. The minimum absolute atomic E-state index is 0.0149. The summed E-state index contributed by atoms with van der Waals surface area (Å²) < 4.78 is 15.1. The molecule has 2 aromatic rings. The summed E-state index contributed by atoms with van der Waals surface area (Å²) in [6, 6.07) is 9.85. The van der Waals surface area contributed by atoms with Crippen molar-refractivity contribution in [2.75, 3.05) is 13.1 Å². The Morgan fingerprint density at radius 3 is 2.68 bits per heavy atom. The molecule has 1 amide bonds. The van der Waals surface area contributed by atoms with Crippen molar-refractivity contribution in [3.8, 4) is 5.69 Å². The number of benzene rings is 1. The SMILES string of the molecule is Cc1nn(-c2ccccc2)c(C)c1CC(=O)N1CC[C@H](F)C1. The van der Waals surface area contributed by atoms with E-state index in [4.69, 9.17) is 0 Å². The number of alkyl halides is 1. The Morgan fingerprint density at radius 1 is 1.32 bits per heavy atom. The molecule has 116 valence electrons. The molecule has 1 aliphatic heterocycles. The number of para-hydroxylation sites is 1. The van der Waals surface area contributed by atoms with Crippen LogP contribution in [0.3, 0.4) is 0 Å². The van der Waals surface area contributed by atoms with Crippen LogP contribution in [0.1, 0.15) is 23.4 Å². The fraction of sp³-hybridized carbons (Fsp3) is 0.412. The van der Waals surface area contributed by atoms with Crippen molar-refractivity contribution in [2.24, 2.45) is 0 Å². The molecule has 0 radical (unpaired) electrons. The summed E-state index contributed by atoms with van der Waals surface area (Å²) in [5.74, 6) is -0.0149. The molecule has 0 saturated carbocycles. The highest BCUT2D eigenvalue weighted by Gasteiger charge is 2.27. The lowest BCUT2D eigenvalue weighted by atomic mass is 10.1. The zero-order chi connectivity index (χ0) is 15.7. The zero-order valence-corrected chi connectivity index (χ0v) is 12.9. The van der Waals surface area contributed by atoms with Gasteiger partial charge in [0.1, 0.15) is 6.17 Å². The highest BCUT2D eigenvalue weighted by Crippen LogP contribution is 2.20. The van der Waals surface area contributed by atoms with Gasteiger partial charge < -0.3 is 4.90 Å². The number of carbonyl (C=O) groups is 1. The van der Waals surface area contributed by atoms with Crippen molar-refractivity contribution in [3.63, 3.8) is 0 Å². The second kappa shape index (κ2) is 5.91. The van der Waals surface area contributed by atoms with Crippen molar-refractivity contribution < 1.29 is 9.18 Å². The molecule has 1 aromatic carbocycles. The van der Waals surface area contributed by atoms with Crippen molar-refractivity contribution in [3.05, 3.63) is 47.3 Å². The van der Waals surface area contributed by atoms with Gasteiger partial charge in [-0.15, -0.1) is 0 Å². The van der Waals surface area contributed by atoms with Gasteiger partial charge in [-0.1, -0.05) is 18.2 Å². The van der Waals surface area contributed by atoms with Crippen LogP contribution in [0.25, 0.3) is 5.69 Å². The number of aryl methyl sites for hydroxylation is 1. The predicted octanol–water partition coefficient (Wildman–Crippen LogP) is 2.60. The Kier molecular flexibility index (Phi) is 3.96. The molecular formula is C17H20FN3O. The molecule has 4 nitrogen and oxygen atoms in total. The fourth-order valence-corrected chi connectivity index (χ4v) is 2.96. The number of halogens is 1. The van der Waals surface area contributed by atoms with Gasteiger partial charge in [0.25, 0.3) is 0 Å². The summed E-state index contributed by atoms with van der Waals surface area (Å²) >= 11 is 0. The molecule has 1 aromatic heterocycles. The number of rotatable bonds is 3. The molecule has 3 rings (SSSR count). The molecule has 1 atom stereocenters. The molecule has 1 fully saturated rings. The van der Waals surface area contributed by atoms with Gasteiger partial charge in [-0.25, -0.2) is 9.07 Å². The number of aromatic nitrogens is 2. The molecule has 0 bridgehead atoms. The summed E-state index contributed by atoms with van der Waals surface area (Å²) in [6.45, 7) is 4.63. The maximum atomic E-state index is 13.2. The van der Waals surface area contributed by atoms with Gasteiger partial charge in [0.15, 0.2) is 0 Å². The summed E-state index contributed by atoms with van der Waals surface area (Å²) in [5.41, 5.74) is 3.74. The number of hydrogen-bond acceptors (Lipinski definition) is 2. The van der Waals surface area contributed by atoms with Crippen LogP contribution in [-0.4, -0.2) is 39.8 Å². The largest absolute Gasteiger partial charge is 0.339 e. The lowest BCUT2D eigenvalue weighted by Crippen LogP contribution is -2.30. The lowest BCUT2D eigenvalue weighted by Gasteiger charge is -2.15. The summed E-state index contributed by atoms with van der Waals surface area (Å²) in [4.78, 5) is 13.9. The third kappa shape index (κ3) is 2.75. The number of hydrogen-bond donors (Lipinski definition) is 0. The van der Waals surface area contributed by atoms with Crippen LogP contribution in [0.15, 0.2) is 30.3 Å². The number of carbonyl (C=O) groups excluding carboxylic acids is 1. The van der Waals surface area contributed by atoms with Gasteiger partial charge >= 0.3 is 0 Å². The third-order valence-electron chi connectivity index (χ3n) is 4.25. The Balaban J connectivity index is 1.83. The molecule has 1 saturated heterocycles. The molecule has 0 N–H and O–H groups in total. The maximum absolute atomic E-state index is 13.2. The van der Waals surface area contributed by atoms with Crippen molar-refractivity contribution in [1.29, 1.82) is 0 Å². The second-order valence-corrected chi connectivity index (χ2v) is 5.80. The van der Waals surface area contributed by atoms with Crippen molar-refractivity contribution >= 4 is 5.91 Å². The van der Waals surface area contributed by atoms with Gasteiger partial charge in [0.05, 0.1) is 24.3 Å². The summed E-state index contributed by atoms with van der Waals surface area (Å²) in [6.07, 6.45) is -0.136. The topological polar surface area (TPSA) is 38.1 Å². The van der Waals surface area contributed by atoms with Crippen LogP contribution in [0.5, 0.6) is 0 Å². The van der Waals surface area contributed by atoms with E-state index < -0.39 is 6.17 Å². The third-order valence-corrected chi connectivity index (χ3v) is 4.25. The van der Waals surface area contributed by atoms with E-state index in [0.717, 1.165) is 22.6 Å². The van der Waals surface area contributed by atoms with E-state index in [0.29, 0.717) is 13.0 Å². The van der Waals surface area contributed by atoms with Gasteiger partial charge in [-0.05, 0) is 32.4 Å². The van der Waals surface area contributed by atoms with E-state index >= 15 is 0 Å². The Bertz CT molecular complexity index is 681. The predicted molar refractivity (Wildman–Crippen MR) is 82.8 cm³/mol. The van der Waals surface area contributed by atoms with E-state index in [2.05, 4.69) is 5.10 Å². The Hall–Kier alpha value is -2.17. The molecular weight excluding hydrogens is 281 g/mol. The number of amides is 1. The minimum Gasteiger partial charge on any atom is -0.339 e. The first kappa shape index (κ1) is 14.8. The van der Waals surface area contributed by atoms with Crippen molar-refractivity contribution in [2.45, 2.75) is 32.9 Å². The Labute approximate surface area is 129 Å². The lowest BCUT2D eigenvalue weighted by molar-refractivity contribution is -0.129. The number of likely N-dealkylation sites (tertiary alicyclic amines) is 1. The summed E-state index contributed by atoms with van der Waals surface area (Å²) in [7, 11) is 0. The highest BCUT2D eigenvalue weighted by atomic mass is 19.1. The van der Waals surface area contributed by atoms with E-state index in [1.807, 2.05) is 48.9 Å². The molecule has 0 aliphatic carbocycles. The minimum atomic E-state index is -0.877. The first-order valence-electron chi connectivity index (χ1n) is 7.58. The molecule has 1 aliphatic rings. The quantitative estimate of drug-likeness (QED) is 0.874. The van der Waals surface area contributed by atoms with Gasteiger partial charge in [0.2, 0.25) is 5.91 Å². The smallest absolute Gasteiger partial charge is 0.227 e. The van der Waals surface area contributed by atoms with Crippen LogP contribution in [-0.2, 0) is 11.2 Å². The van der Waals surface area contributed by atoms with Gasteiger partial charge in [-0.3, -0.25) is 4.79 Å². The van der Waals surface area contributed by atoms with Gasteiger partial charge in [0, 0.05) is 17.8 Å². The molecule has 22 heavy (non-hydrogen) atoms. The van der Waals surface area contributed by atoms with Crippen LogP contribution < -0.4 is 0 Å². The van der Waals surface area contributed by atoms with Crippen molar-refractivity contribution in [1.82, 2.24) is 14.7 Å². The number of nitrogens with zero attached hydrogens (tertiary/aromatic N) is 3. The van der Waals surface area contributed by atoms with E-state index in [9.17, 15) is 9.18 Å². The fourth-order valence-electron chi connectivity index (χ4n) is 2.96. The van der Waals surface area contributed by atoms with Gasteiger partial charge in [-0.2, -0.15) is 5.10 Å². The first-order chi connectivity index (χ1) is 10.6. The van der Waals surface area contributed by atoms with E-state index in [-0.39, 0.29) is 18.9 Å². The Morgan fingerprint density at radius 2 is 2.05 bits per heavy atom. The average molecular weight is 301 g/mol. The molecule has 2 heterocycles. The standard InChI is InChI=1S/C17H20FN3O/c1-12-16(10-17(22)20-9-8-14(18)11-20)13(2)21(19-12)15-6-4-3-5-7-15/h3-7,14H,8-11H2,1-2H3/t14-/m0/s1. The molecule has 5 heteroatoms.